The van der Waals surface area contributed by atoms with Crippen LogP contribution in [0.4, 0.5) is 18.9 Å². The zero-order chi connectivity index (χ0) is 15.3. The van der Waals surface area contributed by atoms with Crippen LogP contribution in [-0.2, 0) is 6.18 Å². The molecule has 0 aromatic heterocycles. The number of benzene rings is 1. The third-order valence-electron chi connectivity index (χ3n) is 3.31. The molecule has 112 valence electrons. The van der Waals surface area contributed by atoms with Gasteiger partial charge in [-0.05, 0) is 24.1 Å². The SMILES string of the molecule is CCC(CC)CNc1ccc(C(F)(F)F)cc1C(=O)O. The summed E-state index contributed by atoms with van der Waals surface area (Å²) in [6, 6.07) is 2.73. The van der Waals surface area contributed by atoms with Gasteiger partial charge in [0.05, 0.1) is 11.1 Å². The minimum absolute atomic E-state index is 0.220. The highest BCUT2D eigenvalue weighted by Crippen LogP contribution is 2.32. The monoisotopic (exact) mass is 289 g/mol. The maximum atomic E-state index is 12.6. The lowest BCUT2D eigenvalue weighted by Gasteiger charge is -2.17. The summed E-state index contributed by atoms with van der Waals surface area (Å²) in [5.41, 5.74) is -1.09. The van der Waals surface area contributed by atoms with Crippen molar-refractivity contribution < 1.29 is 23.1 Å². The first-order valence-electron chi connectivity index (χ1n) is 6.48. The third kappa shape index (κ3) is 4.15. The second kappa shape index (κ2) is 6.63. The van der Waals surface area contributed by atoms with Gasteiger partial charge in [-0.15, -0.1) is 0 Å². The van der Waals surface area contributed by atoms with Gasteiger partial charge in [0, 0.05) is 12.2 Å². The second-order valence-corrected chi connectivity index (χ2v) is 4.63. The first-order chi connectivity index (χ1) is 9.29. The van der Waals surface area contributed by atoms with E-state index in [0.29, 0.717) is 18.5 Å². The number of anilines is 1. The number of nitrogens with one attached hydrogen (secondary N) is 1. The van der Waals surface area contributed by atoms with Crippen LogP contribution in [0.2, 0.25) is 0 Å². The Morgan fingerprint density at radius 1 is 1.30 bits per heavy atom. The lowest BCUT2D eigenvalue weighted by Crippen LogP contribution is -2.16. The van der Waals surface area contributed by atoms with Crippen molar-refractivity contribution in [3.63, 3.8) is 0 Å². The third-order valence-corrected chi connectivity index (χ3v) is 3.31. The predicted octanol–water partition coefficient (Wildman–Crippen LogP) is 4.25. The van der Waals surface area contributed by atoms with E-state index in [1.54, 1.807) is 0 Å². The standard InChI is InChI=1S/C14H18F3NO2/c1-3-9(4-2)8-18-12-6-5-10(14(15,16)17)7-11(12)13(19)20/h5-7,9,18H,3-4,8H2,1-2H3,(H,19,20). The summed E-state index contributed by atoms with van der Waals surface area (Å²) in [6.07, 6.45) is -2.70. The molecule has 0 atom stereocenters. The van der Waals surface area contributed by atoms with Crippen LogP contribution >= 0.6 is 0 Å². The molecular weight excluding hydrogens is 271 g/mol. The fourth-order valence-corrected chi connectivity index (χ4v) is 1.88. The Morgan fingerprint density at radius 3 is 2.35 bits per heavy atom. The first-order valence-corrected chi connectivity index (χ1v) is 6.48. The van der Waals surface area contributed by atoms with Crippen LogP contribution in [-0.4, -0.2) is 17.6 Å². The van der Waals surface area contributed by atoms with Crippen molar-refractivity contribution in [2.45, 2.75) is 32.9 Å². The molecule has 0 amide bonds. The van der Waals surface area contributed by atoms with E-state index in [1.807, 2.05) is 13.8 Å². The van der Waals surface area contributed by atoms with Gasteiger partial charge in [-0.1, -0.05) is 26.7 Å². The van der Waals surface area contributed by atoms with Crippen LogP contribution in [0.15, 0.2) is 18.2 Å². The summed E-state index contributed by atoms with van der Waals surface area (Å²) in [7, 11) is 0. The van der Waals surface area contributed by atoms with Gasteiger partial charge in [0.25, 0.3) is 0 Å². The number of carboxylic acid groups (broad SMARTS) is 1. The molecule has 2 N–H and O–H groups in total. The summed E-state index contributed by atoms with van der Waals surface area (Å²) in [6.45, 7) is 4.57. The van der Waals surface area contributed by atoms with Gasteiger partial charge in [0.15, 0.2) is 0 Å². The minimum atomic E-state index is -4.54. The molecule has 0 spiro atoms. The normalized spacial score (nSPS) is 11.7. The van der Waals surface area contributed by atoms with E-state index in [4.69, 9.17) is 5.11 Å². The number of halogens is 3. The zero-order valence-corrected chi connectivity index (χ0v) is 11.4. The maximum absolute atomic E-state index is 12.6. The van der Waals surface area contributed by atoms with Crippen molar-refractivity contribution >= 4 is 11.7 Å². The Hall–Kier alpha value is -1.72. The average molecular weight is 289 g/mol. The van der Waals surface area contributed by atoms with Gasteiger partial charge in [0.2, 0.25) is 0 Å². The number of hydrogen-bond acceptors (Lipinski definition) is 2. The highest BCUT2D eigenvalue weighted by Gasteiger charge is 2.31. The first kappa shape index (κ1) is 16.3. The van der Waals surface area contributed by atoms with Gasteiger partial charge in [-0.3, -0.25) is 0 Å². The van der Waals surface area contributed by atoms with Crippen molar-refractivity contribution in [1.82, 2.24) is 0 Å². The van der Waals surface area contributed by atoms with Crippen LogP contribution in [0.3, 0.4) is 0 Å². The molecule has 0 aliphatic rings. The lowest BCUT2D eigenvalue weighted by atomic mass is 10.0. The fourth-order valence-electron chi connectivity index (χ4n) is 1.88. The maximum Gasteiger partial charge on any atom is 0.416 e. The van der Waals surface area contributed by atoms with E-state index in [-0.39, 0.29) is 11.3 Å². The molecule has 6 heteroatoms. The van der Waals surface area contributed by atoms with Crippen LogP contribution in [0.25, 0.3) is 0 Å². The van der Waals surface area contributed by atoms with Crippen molar-refractivity contribution in [3.05, 3.63) is 29.3 Å². The van der Waals surface area contributed by atoms with E-state index in [1.165, 1.54) is 6.07 Å². The molecule has 0 bridgehead atoms. The van der Waals surface area contributed by atoms with E-state index >= 15 is 0 Å². The van der Waals surface area contributed by atoms with Gasteiger partial charge < -0.3 is 10.4 Å². The molecule has 3 nitrogen and oxygen atoms in total. The summed E-state index contributed by atoms with van der Waals surface area (Å²) < 4.78 is 37.7. The van der Waals surface area contributed by atoms with Crippen LogP contribution in [0, 0.1) is 5.92 Å². The highest BCUT2D eigenvalue weighted by molar-refractivity contribution is 5.94. The molecular formula is C14H18F3NO2. The molecule has 0 unspecified atom stereocenters. The Balaban J connectivity index is 2.99. The topological polar surface area (TPSA) is 49.3 Å². The van der Waals surface area contributed by atoms with Crippen LogP contribution in [0.1, 0.15) is 42.6 Å². The summed E-state index contributed by atoms with van der Waals surface area (Å²) in [4.78, 5) is 11.1. The molecule has 0 saturated heterocycles. The smallest absolute Gasteiger partial charge is 0.416 e. The molecule has 0 radical (unpaired) electrons. The van der Waals surface area contributed by atoms with E-state index in [2.05, 4.69) is 5.32 Å². The quantitative estimate of drug-likeness (QED) is 0.823. The Bertz CT molecular complexity index is 468. The lowest BCUT2D eigenvalue weighted by molar-refractivity contribution is -0.137. The number of rotatable bonds is 6. The number of carboxylic acids is 1. The fraction of sp³-hybridized carbons (Fsp3) is 0.500. The van der Waals surface area contributed by atoms with E-state index < -0.39 is 17.7 Å². The summed E-state index contributed by atoms with van der Waals surface area (Å²) in [5, 5.41) is 12.0. The second-order valence-electron chi connectivity index (χ2n) is 4.63. The van der Waals surface area contributed by atoms with Crippen LogP contribution < -0.4 is 5.32 Å². The molecule has 20 heavy (non-hydrogen) atoms. The van der Waals surface area contributed by atoms with Gasteiger partial charge in [0.1, 0.15) is 0 Å². The Labute approximate surface area is 115 Å². The number of aromatic carboxylic acids is 1. The van der Waals surface area contributed by atoms with Crippen molar-refractivity contribution in [2.24, 2.45) is 5.92 Å². The zero-order valence-electron chi connectivity index (χ0n) is 11.4. The van der Waals surface area contributed by atoms with E-state index in [9.17, 15) is 18.0 Å². The minimum Gasteiger partial charge on any atom is -0.478 e. The van der Waals surface area contributed by atoms with Gasteiger partial charge in [-0.2, -0.15) is 13.2 Å². The highest BCUT2D eigenvalue weighted by atomic mass is 19.4. The molecule has 0 heterocycles. The Kier molecular flexibility index (Phi) is 5.42. The average Bonchev–Trinajstić information content (AvgIpc) is 2.38. The molecule has 0 saturated carbocycles. The van der Waals surface area contributed by atoms with Crippen molar-refractivity contribution in [1.29, 1.82) is 0 Å². The van der Waals surface area contributed by atoms with Crippen LogP contribution in [0.5, 0.6) is 0 Å². The molecule has 0 fully saturated rings. The largest absolute Gasteiger partial charge is 0.478 e. The molecule has 0 aliphatic heterocycles. The summed E-state index contributed by atoms with van der Waals surface area (Å²) in [5.74, 6) is -1.01. The van der Waals surface area contributed by atoms with Crippen molar-refractivity contribution in [2.75, 3.05) is 11.9 Å². The summed E-state index contributed by atoms with van der Waals surface area (Å²) >= 11 is 0. The Morgan fingerprint density at radius 2 is 1.90 bits per heavy atom. The van der Waals surface area contributed by atoms with E-state index in [0.717, 1.165) is 18.9 Å². The molecule has 0 aliphatic carbocycles. The number of alkyl halides is 3. The predicted molar refractivity (Wildman–Crippen MR) is 71.0 cm³/mol. The molecule has 1 aromatic rings. The number of carbonyl (C=O) groups is 1. The molecule has 1 aromatic carbocycles. The number of hydrogen-bond donors (Lipinski definition) is 2. The molecule has 1 rings (SSSR count). The van der Waals surface area contributed by atoms with Crippen molar-refractivity contribution in [3.8, 4) is 0 Å². The van der Waals surface area contributed by atoms with Gasteiger partial charge in [-0.25, -0.2) is 4.79 Å². The van der Waals surface area contributed by atoms with Gasteiger partial charge >= 0.3 is 12.1 Å².